The Labute approximate surface area is 136 Å². The number of ether oxygens (including phenoxy) is 1. The van der Waals surface area contributed by atoms with E-state index in [4.69, 9.17) is 4.74 Å². The van der Waals surface area contributed by atoms with Crippen LogP contribution in [0.4, 0.5) is 0 Å². The van der Waals surface area contributed by atoms with Gasteiger partial charge in [0.2, 0.25) is 0 Å². The number of aromatic amines is 1. The van der Waals surface area contributed by atoms with Crippen LogP contribution in [0.5, 0.6) is 5.75 Å². The number of hydrogen-bond acceptors (Lipinski definition) is 3. The maximum Gasteiger partial charge on any atom is 0.343 e. The molecule has 5 heteroatoms. The number of fused-ring (bicyclic) bond motifs is 1. The minimum Gasteiger partial charge on any atom is -0.485 e. The molecule has 1 aromatic heterocycles. The van der Waals surface area contributed by atoms with Crippen molar-refractivity contribution in [3.05, 3.63) is 45.1 Å². The van der Waals surface area contributed by atoms with Crippen molar-refractivity contribution in [2.75, 3.05) is 0 Å². The summed E-state index contributed by atoms with van der Waals surface area (Å²) in [6.07, 6.45) is 2.31. The average Bonchev–Trinajstić information content (AvgIpc) is 2.97. The summed E-state index contributed by atoms with van der Waals surface area (Å²) in [6.45, 7) is 9.22. The molecule has 0 aliphatic heterocycles. The first-order valence-electron chi connectivity index (χ1n) is 8.20. The molecule has 0 atom stereocenters. The molecule has 23 heavy (non-hydrogen) atoms. The summed E-state index contributed by atoms with van der Waals surface area (Å²) in [7, 11) is 1.69. The molecular formula is C18H25N3O2. The average molecular weight is 315 g/mol. The summed E-state index contributed by atoms with van der Waals surface area (Å²) in [5, 5.41) is 6.45. The zero-order valence-corrected chi connectivity index (χ0v) is 14.6. The highest BCUT2D eigenvalue weighted by molar-refractivity contribution is 5.49. The molecule has 1 aliphatic rings. The maximum absolute atomic E-state index is 11.5. The molecule has 0 fully saturated rings. The lowest BCUT2D eigenvalue weighted by molar-refractivity contribution is 0.286. The first-order chi connectivity index (χ1) is 10.8. The van der Waals surface area contributed by atoms with Crippen LogP contribution in [-0.4, -0.2) is 14.8 Å². The Morgan fingerprint density at radius 2 is 2.13 bits per heavy atom. The highest BCUT2D eigenvalue weighted by Gasteiger charge is 2.31. The van der Waals surface area contributed by atoms with Crippen molar-refractivity contribution < 1.29 is 4.74 Å². The van der Waals surface area contributed by atoms with Crippen LogP contribution in [0.2, 0.25) is 0 Å². The van der Waals surface area contributed by atoms with Gasteiger partial charge in [-0.15, -0.1) is 0 Å². The second-order valence-electron chi connectivity index (χ2n) is 7.38. The summed E-state index contributed by atoms with van der Waals surface area (Å²) in [5.41, 5.74) is 4.03. The van der Waals surface area contributed by atoms with E-state index in [1.54, 1.807) is 7.05 Å². The fraction of sp³-hybridized carbons (Fsp3) is 0.556. The lowest BCUT2D eigenvalue weighted by Crippen LogP contribution is -2.16. The zero-order valence-electron chi connectivity index (χ0n) is 14.6. The highest BCUT2D eigenvalue weighted by atomic mass is 16.5. The smallest absolute Gasteiger partial charge is 0.343 e. The Morgan fingerprint density at radius 1 is 1.39 bits per heavy atom. The summed E-state index contributed by atoms with van der Waals surface area (Å²) in [6, 6.07) is 4.50. The number of aryl methyl sites for hydroxylation is 1. The van der Waals surface area contributed by atoms with Crippen LogP contribution in [0.1, 0.15) is 62.5 Å². The topological polar surface area (TPSA) is 59.9 Å². The molecule has 0 radical (unpaired) electrons. The fourth-order valence-corrected chi connectivity index (χ4v) is 3.29. The van der Waals surface area contributed by atoms with E-state index in [0.29, 0.717) is 11.7 Å². The van der Waals surface area contributed by atoms with Crippen molar-refractivity contribution in [3.8, 4) is 5.75 Å². The molecule has 0 unspecified atom stereocenters. The van der Waals surface area contributed by atoms with Crippen molar-refractivity contribution in [1.29, 1.82) is 0 Å². The van der Waals surface area contributed by atoms with Gasteiger partial charge in [0.05, 0.1) is 0 Å². The second-order valence-corrected chi connectivity index (χ2v) is 7.38. The second kappa shape index (κ2) is 5.55. The molecule has 1 aliphatic carbocycles. The van der Waals surface area contributed by atoms with Gasteiger partial charge < -0.3 is 4.74 Å². The summed E-state index contributed by atoms with van der Waals surface area (Å²) in [5.74, 6) is 1.90. The molecule has 1 N–H and O–H groups in total. The van der Waals surface area contributed by atoms with Gasteiger partial charge in [-0.1, -0.05) is 33.8 Å². The first-order valence-corrected chi connectivity index (χ1v) is 8.20. The number of aromatic nitrogens is 3. The largest absolute Gasteiger partial charge is 0.485 e. The number of nitrogens with one attached hydrogen (secondary N) is 1. The quantitative estimate of drug-likeness (QED) is 0.943. The number of rotatable bonds is 4. The Morgan fingerprint density at radius 3 is 2.74 bits per heavy atom. The Kier molecular flexibility index (Phi) is 3.82. The number of benzene rings is 1. The van der Waals surface area contributed by atoms with Crippen molar-refractivity contribution in [2.24, 2.45) is 7.05 Å². The molecule has 1 heterocycles. The van der Waals surface area contributed by atoms with E-state index in [1.807, 2.05) is 0 Å². The molecule has 0 spiro atoms. The van der Waals surface area contributed by atoms with Crippen LogP contribution in [0, 0.1) is 0 Å². The van der Waals surface area contributed by atoms with Gasteiger partial charge >= 0.3 is 5.69 Å². The van der Waals surface area contributed by atoms with E-state index in [2.05, 4.69) is 50.0 Å². The molecule has 3 rings (SSSR count). The van der Waals surface area contributed by atoms with Crippen molar-refractivity contribution >= 4 is 0 Å². The minimum absolute atomic E-state index is 0.197. The molecule has 0 bridgehead atoms. The van der Waals surface area contributed by atoms with E-state index < -0.39 is 0 Å². The van der Waals surface area contributed by atoms with E-state index in [1.165, 1.54) is 27.7 Å². The highest BCUT2D eigenvalue weighted by Crippen LogP contribution is 2.42. The van der Waals surface area contributed by atoms with Gasteiger partial charge in [0.25, 0.3) is 0 Å². The van der Waals surface area contributed by atoms with Gasteiger partial charge in [0.15, 0.2) is 5.82 Å². The molecule has 124 valence electrons. The fourth-order valence-electron chi connectivity index (χ4n) is 3.29. The van der Waals surface area contributed by atoms with Gasteiger partial charge in [-0.05, 0) is 46.9 Å². The predicted octanol–water partition coefficient (Wildman–Crippen LogP) is 3.03. The van der Waals surface area contributed by atoms with Crippen LogP contribution >= 0.6 is 0 Å². The van der Waals surface area contributed by atoms with Crippen LogP contribution < -0.4 is 10.4 Å². The molecule has 1 aromatic carbocycles. The van der Waals surface area contributed by atoms with Gasteiger partial charge in [0, 0.05) is 7.05 Å². The molecule has 0 saturated carbocycles. The Bertz CT molecular complexity index is 784. The summed E-state index contributed by atoms with van der Waals surface area (Å²) >= 11 is 0. The SMILES string of the molecule is CC(C)c1cc2c(cc1OCc1n[nH]c(=O)n1C)C(C)(C)CC2. The van der Waals surface area contributed by atoms with Crippen LogP contribution in [0.15, 0.2) is 16.9 Å². The maximum atomic E-state index is 11.5. The molecule has 0 saturated heterocycles. The third kappa shape index (κ3) is 2.80. The first kappa shape index (κ1) is 15.8. The minimum atomic E-state index is -0.220. The lowest BCUT2D eigenvalue weighted by Gasteiger charge is -2.22. The molecule has 0 amide bonds. The van der Waals surface area contributed by atoms with E-state index in [0.717, 1.165) is 12.2 Å². The number of hydrogen-bond donors (Lipinski definition) is 1. The molecule has 2 aromatic rings. The zero-order chi connectivity index (χ0) is 16.8. The Balaban J connectivity index is 1.94. The van der Waals surface area contributed by atoms with Crippen LogP contribution in [0.25, 0.3) is 0 Å². The third-order valence-electron chi connectivity index (χ3n) is 4.94. The summed E-state index contributed by atoms with van der Waals surface area (Å²) in [4.78, 5) is 11.5. The van der Waals surface area contributed by atoms with Gasteiger partial charge in [-0.2, -0.15) is 5.10 Å². The lowest BCUT2D eigenvalue weighted by atomic mass is 9.85. The molecule has 5 nitrogen and oxygen atoms in total. The monoisotopic (exact) mass is 315 g/mol. The van der Waals surface area contributed by atoms with Crippen molar-refractivity contribution in [1.82, 2.24) is 14.8 Å². The van der Waals surface area contributed by atoms with Crippen molar-refractivity contribution in [3.63, 3.8) is 0 Å². The van der Waals surface area contributed by atoms with Crippen LogP contribution in [0.3, 0.4) is 0 Å². The van der Waals surface area contributed by atoms with Gasteiger partial charge in [-0.3, -0.25) is 4.57 Å². The van der Waals surface area contributed by atoms with Crippen molar-refractivity contribution in [2.45, 2.75) is 58.5 Å². The van der Waals surface area contributed by atoms with Gasteiger partial charge in [0.1, 0.15) is 12.4 Å². The normalized spacial score (nSPS) is 15.9. The standard InChI is InChI=1S/C18H25N3O2/c1-11(2)13-8-12-6-7-18(3,4)14(12)9-15(13)23-10-16-19-20-17(22)21(16)5/h8-9,11H,6-7,10H2,1-5H3,(H,20,22). The Hall–Kier alpha value is -2.04. The number of nitrogens with zero attached hydrogens (tertiary/aromatic N) is 2. The van der Waals surface area contributed by atoms with Gasteiger partial charge in [-0.25, -0.2) is 9.89 Å². The number of H-pyrrole nitrogens is 1. The van der Waals surface area contributed by atoms with E-state index >= 15 is 0 Å². The predicted molar refractivity (Wildman–Crippen MR) is 90.0 cm³/mol. The van der Waals surface area contributed by atoms with Crippen LogP contribution in [-0.2, 0) is 25.5 Å². The third-order valence-corrected chi connectivity index (χ3v) is 4.94. The molecular weight excluding hydrogens is 290 g/mol. The van der Waals surface area contributed by atoms with E-state index in [-0.39, 0.29) is 17.7 Å². The summed E-state index contributed by atoms with van der Waals surface area (Å²) < 4.78 is 7.53. The van der Waals surface area contributed by atoms with E-state index in [9.17, 15) is 4.79 Å².